The number of nitrogens with zero attached hydrogens (tertiary/aromatic N) is 4. The van der Waals surface area contributed by atoms with Crippen LogP contribution in [0.25, 0.3) is 5.69 Å². The van der Waals surface area contributed by atoms with Gasteiger partial charge in [-0.25, -0.2) is 23.4 Å². The molecule has 4 aromatic rings. The Bertz CT molecular complexity index is 1160. The van der Waals surface area contributed by atoms with E-state index in [1.165, 1.54) is 16.8 Å². The predicted molar refractivity (Wildman–Crippen MR) is 112 cm³/mol. The molecular weight excluding hydrogens is 400 g/mol. The van der Waals surface area contributed by atoms with Crippen molar-refractivity contribution in [2.45, 2.75) is 26.4 Å². The van der Waals surface area contributed by atoms with Crippen molar-refractivity contribution >= 4 is 0 Å². The topological polar surface area (TPSA) is 64.9 Å². The number of benzene rings is 2. The number of nitrogens with one attached hydrogen (secondary N) is 1. The van der Waals surface area contributed by atoms with E-state index in [0.29, 0.717) is 18.3 Å². The van der Waals surface area contributed by atoms with E-state index in [9.17, 15) is 8.78 Å². The van der Waals surface area contributed by atoms with Crippen molar-refractivity contribution in [3.05, 3.63) is 95.6 Å². The Morgan fingerprint density at radius 2 is 1.81 bits per heavy atom. The molecule has 0 radical (unpaired) electrons. The van der Waals surface area contributed by atoms with Crippen molar-refractivity contribution in [2.24, 2.45) is 0 Å². The lowest BCUT2D eigenvalue weighted by Gasteiger charge is -2.14. The van der Waals surface area contributed by atoms with E-state index in [0.717, 1.165) is 22.9 Å². The fraction of sp³-hybridized carbons (Fsp3) is 0.174. The van der Waals surface area contributed by atoms with E-state index in [2.05, 4.69) is 20.4 Å². The second-order valence-electron chi connectivity index (χ2n) is 7.07. The molecule has 0 bridgehead atoms. The number of ether oxygens (including phenoxy) is 1. The zero-order valence-electron chi connectivity index (χ0n) is 17.1. The number of halogens is 2. The van der Waals surface area contributed by atoms with Gasteiger partial charge in [0.1, 0.15) is 17.3 Å². The number of hydrogen-bond donors (Lipinski definition) is 1. The normalized spacial score (nSPS) is 12.0. The van der Waals surface area contributed by atoms with Crippen LogP contribution in [0.1, 0.15) is 29.8 Å². The van der Waals surface area contributed by atoms with Gasteiger partial charge < -0.3 is 10.1 Å². The van der Waals surface area contributed by atoms with E-state index < -0.39 is 11.6 Å². The lowest BCUT2D eigenvalue weighted by molar-refractivity contribution is 0.441. The Morgan fingerprint density at radius 1 is 1.06 bits per heavy atom. The molecule has 0 amide bonds. The molecule has 8 heteroatoms. The Hall–Kier alpha value is -3.65. The van der Waals surface area contributed by atoms with Gasteiger partial charge in [0.05, 0.1) is 6.20 Å². The molecule has 2 heterocycles. The van der Waals surface area contributed by atoms with Crippen LogP contribution in [0.2, 0.25) is 0 Å². The third-order valence-corrected chi connectivity index (χ3v) is 4.94. The molecule has 4 rings (SSSR count). The Kier molecular flexibility index (Phi) is 5.99. The SMILES string of the molecule is Cc1c(C(C)NCc2ccc(Oc3ncccn3)cc2)cnn1-c1ccc(F)cc1F. The average Bonchev–Trinajstić information content (AvgIpc) is 3.15. The second-order valence-corrected chi connectivity index (χ2v) is 7.07. The van der Waals surface area contributed by atoms with Crippen LogP contribution in [0.15, 0.2) is 67.1 Å². The molecule has 0 aliphatic heterocycles. The van der Waals surface area contributed by atoms with Crippen molar-refractivity contribution < 1.29 is 13.5 Å². The third kappa shape index (κ3) is 4.75. The molecule has 0 saturated carbocycles. The lowest BCUT2D eigenvalue weighted by Crippen LogP contribution is -2.18. The maximum Gasteiger partial charge on any atom is 0.321 e. The standard InChI is InChI=1S/C23H21F2N5O/c1-15(20-14-29-30(16(20)2)22-9-6-18(24)12-21(22)25)28-13-17-4-7-19(8-5-17)31-23-26-10-3-11-27-23/h3-12,14-15,28H,13H2,1-2H3. The van der Waals surface area contributed by atoms with Gasteiger partial charge >= 0.3 is 6.01 Å². The van der Waals surface area contributed by atoms with Crippen LogP contribution in [-0.2, 0) is 6.54 Å². The molecule has 6 nitrogen and oxygen atoms in total. The molecule has 2 aromatic heterocycles. The molecule has 158 valence electrons. The van der Waals surface area contributed by atoms with E-state index >= 15 is 0 Å². The van der Waals surface area contributed by atoms with Gasteiger partial charge in [0, 0.05) is 42.3 Å². The Labute approximate surface area is 178 Å². The van der Waals surface area contributed by atoms with Crippen LogP contribution >= 0.6 is 0 Å². The minimum atomic E-state index is -0.651. The minimum absolute atomic E-state index is 0.0223. The first kappa shape index (κ1) is 20.6. The average molecular weight is 421 g/mol. The molecule has 2 aromatic carbocycles. The lowest BCUT2D eigenvalue weighted by atomic mass is 10.1. The largest absolute Gasteiger partial charge is 0.424 e. The van der Waals surface area contributed by atoms with Crippen LogP contribution in [0.4, 0.5) is 8.78 Å². The highest BCUT2D eigenvalue weighted by Gasteiger charge is 2.16. The summed E-state index contributed by atoms with van der Waals surface area (Å²) in [6, 6.07) is 13.1. The molecule has 0 fully saturated rings. The van der Waals surface area contributed by atoms with Crippen LogP contribution in [0.3, 0.4) is 0 Å². The number of rotatable bonds is 7. The monoisotopic (exact) mass is 421 g/mol. The van der Waals surface area contributed by atoms with Crippen molar-refractivity contribution in [1.29, 1.82) is 0 Å². The van der Waals surface area contributed by atoms with Crippen LogP contribution < -0.4 is 10.1 Å². The molecular formula is C23H21F2N5O. The fourth-order valence-electron chi connectivity index (χ4n) is 3.24. The van der Waals surface area contributed by atoms with Crippen molar-refractivity contribution in [1.82, 2.24) is 25.1 Å². The zero-order chi connectivity index (χ0) is 21.8. The van der Waals surface area contributed by atoms with Crippen molar-refractivity contribution in [2.75, 3.05) is 0 Å². The van der Waals surface area contributed by atoms with E-state index in [-0.39, 0.29) is 11.7 Å². The summed E-state index contributed by atoms with van der Waals surface area (Å²) in [6.45, 7) is 4.50. The fourth-order valence-corrected chi connectivity index (χ4v) is 3.24. The van der Waals surface area contributed by atoms with E-state index in [1.54, 1.807) is 24.7 Å². The molecule has 31 heavy (non-hydrogen) atoms. The number of aromatic nitrogens is 4. The minimum Gasteiger partial charge on any atom is -0.424 e. The summed E-state index contributed by atoms with van der Waals surface area (Å²) in [4.78, 5) is 8.07. The summed E-state index contributed by atoms with van der Waals surface area (Å²) in [5.74, 6) is -0.614. The van der Waals surface area contributed by atoms with Gasteiger partial charge in [-0.1, -0.05) is 12.1 Å². The molecule has 1 atom stereocenters. The molecule has 0 aliphatic rings. The van der Waals surface area contributed by atoms with Gasteiger partial charge in [0.15, 0.2) is 5.82 Å². The molecule has 0 aliphatic carbocycles. The summed E-state index contributed by atoms with van der Waals surface area (Å²) >= 11 is 0. The van der Waals surface area contributed by atoms with E-state index in [4.69, 9.17) is 4.74 Å². The highest BCUT2D eigenvalue weighted by Crippen LogP contribution is 2.23. The molecule has 1 N–H and O–H groups in total. The van der Waals surface area contributed by atoms with Crippen molar-refractivity contribution in [3.63, 3.8) is 0 Å². The highest BCUT2D eigenvalue weighted by atomic mass is 19.1. The summed E-state index contributed by atoms with van der Waals surface area (Å²) in [5, 5.41) is 7.73. The Morgan fingerprint density at radius 3 is 2.52 bits per heavy atom. The van der Waals surface area contributed by atoms with Gasteiger partial charge in [0.25, 0.3) is 0 Å². The quantitative estimate of drug-likeness (QED) is 0.460. The first-order valence-corrected chi connectivity index (χ1v) is 9.78. The van der Waals surface area contributed by atoms with Gasteiger partial charge in [-0.15, -0.1) is 0 Å². The molecule has 1 unspecified atom stereocenters. The van der Waals surface area contributed by atoms with Gasteiger partial charge in [-0.3, -0.25) is 0 Å². The predicted octanol–water partition coefficient (Wildman–Crippen LogP) is 4.89. The van der Waals surface area contributed by atoms with E-state index in [1.807, 2.05) is 38.1 Å². The summed E-state index contributed by atoms with van der Waals surface area (Å²) < 4.78 is 34.4. The number of hydrogen-bond acceptors (Lipinski definition) is 5. The summed E-state index contributed by atoms with van der Waals surface area (Å²) in [7, 11) is 0. The maximum absolute atomic E-state index is 14.1. The molecule has 0 saturated heterocycles. The summed E-state index contributed by atoms with van der Waals surface area (Å²) in [5.41, 5.74) is 3.01. The van der Waals surface area contributed by atoms with Gasteiger partial charge in [-0.05, 0) is 49.7 Å². The van der Waals surface area contributed by atoms with Crippen molar-refractivity contribution in [3.8, 4) is 17.4 Å². The van der Waals surface area contributed by atoms with Gasteiger partial charge in [-0.2, -0.15) is 5.10 Å². The highest BCUT2D eigenvalue weighted by molar-refractivity contribution is 5.37. The van der Waals surface area contributed by atoms with Crippen LogP contribution in [0.5, 0.6) is 11.8 Å². The molecule has 0 spiro atoms. The van der Waals surface area contributed by atoms with Crippen LogP contribution in [0, 0.1) is 18.6 Å². The zero-order valence-corrected chi connectivity index (χ0v) is 17.1. The third-order valence-electron chi connectivity index (χ3n) is 4.94. The van der Waals surface area contributed by atoms with Crippen LogP contribution in [-0.4, -0.2) is 19.7 Å². The smallest absolute Gasteiger partial charge is 0.321 e. The van der Waals surface area contributed by atoms with Gasteiger partial charge in [0.2, 0.25) is 0 Å². The first-order chi connectivity index (χ1) is 15.0. The Balaban J connectivity index is 1.40. The first-order valence-electron chi connectivity index (χ1n) is 9.78. The second kappa shape index (κ2) is 9.01. The maximum atomic E-state index is 14.1. The summed E-state index contributed by atoms with van der Waals surface area (Å²) in [6.07, 6.45) is 4.94.